The molecule has 1 aromatic heterocycles. The molecule has 3 rings (SSSR count). The lowest BCUT2D eigenvalue weighted by molar-refractivity contribution is 0.460. The Labute approximate surface area is 132 Å². The van der Waals surface area contributed by atoms with Crippen LogP contribution in [0.2, 0.25) is 0 Å². The molecule has 0 aliphatic carbocycles. The molecule has 0 bridgehead atoms. The van der Waals surface area contributed by atoms with Gasteiger partial charge in [0.1, 0.15) is 18.2 Å². The Bertz CT molecular complexity index is 759. The Morgan fingerprint density at radius 2 is 1.96 bits per heavy atom. The average molecular weight is 313 g/mol. The van der Waals surface area contributed by atoms with Crippen LogP contribution in [0.15, 0.2) is 59.9 Å². The quantitative estimate of drug-likeness (QED) is 0.800. The molecule has 0 spiro atoms. The number of benzene rings is 1. The van der Waals surface area contributed by atoms with Crippen molar-refractivity contribution in [1.82, 2.24) is 10.3 Å². The van der Waals surface area contributed by atoms with Crippen molar-refractivity contribution in [3.63, 3.8) is 0 Å². The summed E-state index contributed by atoms with van der Waals surface area (Å²) in [6.45, 7) is -0.633. The number of aliphatic imine (C=N–C) groups is 1. The van der Waals surface area contributed by atoms with E-state index in [0.717, 1.165) is 5.56 Å². The fourth-order valence-corrected chi connectivity index (χ4v) is 2.20. The first kappa shape index (κ1) is 15.0. The summed E-state index contributed by atoms with van der Waals surface area (Å²) in [5.74, 6) is 1.38. The van der Waals surface area contributed by atoms with Gasteiger partial charge >= 0.3 is 0 Å². The molecule has 1 atom stereocenters. The number of hydrogen-bond acceptors (Lipinski definition) is 6. The molecule has 1 unspecified atom stereocenters. The van der Waals surface area contributed by atoms with Gasteiger partial charge in [0.15, 0.2) is 11.6 Å². The first-order valence-electron chi connectivity index (χ1n) is 6.97. The van der Waals surface area contributed by atoms with Crippen molar-refractivity contribution in [2.75, 3.05) is 0 Å². The monoisotopic (exact) mass is 313 g/mol. The molecule has 2 aromatic rings. The minimum atomic E-state index is -1.01. The van der Waals surface area contributed by atoms with Crippen molar-refractivity contribution in [2.45, 2.75) is 12.3 Å². The third-order valence-corrected chi connectivity index (χ3v) is 3.35. The maximum absolute atomic E-state index is 12.6. The summed E-state index contributed by atoms with van der Waals surface area (Å²) in [6.07, 6.45) is 4.88. The highest BCUT2D eigenvalue weighted by molar-refractivity contribution is 5.80. The number of alkyl halides is 1. The third-order valence-electron chi connectivity index (χ3n) is 3.35. The molecule has 0 amide bonds. The van der Waals surface area contributed by atoms with E-state index in [1.165, 1.54) is 6.20 Å². The number of aromatic nitrogens is 1. The maximum Gasteiger partial charge on any atom is 0.195 e. The van der Waals surface area contributed by atoms with Crippen LogP contribution in [0.25, 0.3) is 0 Å². The molecule has 0 saturated heterocycles. The van der Waals surface area contributed by atoms with Gasteiger partial charge in [-0.05, 0) is 29.8 Å². The largest absolute Gasteiger partial charge is 0.457 e. The lowest BCUT2D eigenvalue weighted by Gasteiger charge is -2.25. The summed E-state index contributed by atoms with van der Waals surface area (Å²) in [4.78, 5) is 8.08. The molecule has 2 heterocycles. The SMILES string of the molecule is NC1=NC(N)(c2ccc(Oc3ccnc(CF)c3)cc2)C=CN1. The van der Waals surface area contributed by atoms with Gasteiger partial charge in [0.25, 0.3) is 0 Å². The van der Waals surface area contributed by atoms with Crippen LogP contribution >= 0.6 is 0 Å². The Kier molecular flexibility index (Phi) is 3.94. The second-order valence-corrected chi connectivity index (χ2v) is 5.04. The molecule has 1 aliphatic rings. The topological polar surface area (TPSA) is 98.5 Å². The highest BCUT2D eigenvalue weighted by Crippen LogP contribution is 2.27. The number of rotatable bonds is 4. The van der Waals surface area contributed by atoms with E-state index in [0.29, 0.717) is 17.2 Å². The minimum absolute atomic E-state index is 0.255. The molecule has 0 fully saturated rings. The van der Waals surface area contributed by atoms with Crippen LogP contribution in [-0.4, -0.2) is 10.9 Å². The molecular formula is C16H16FN5O. The van der Waals surface area contributed by atoms with Crippen LogP contribution in [0, 0.1) is 0 Å². The summed E-state index contributed by atoms with van der Waals surface area (Å²) < 4.78 is 18.3. The first-order valence-corrected chi connectivity index (χ1v) is 6.97. The lowest BCUT2D eigenvalue weighted by atomic mass is 10.00. The highest BCUT2D eigenvalue weighted by atomic mass is 19.1. The van der Waals surface area contributed by atoms with Crippen molar-refractivity contribution >= 4 is 5.96 Å². The molecular weight excluding hydrogens is 297 g/mol. The average Bonchev–Trinajstić information content (AvgIpc) is 2.55. The summed E-state index contributed by atoms with van der Waals surface area (Å²) >= 11 is 0. The van der Waals surface area contributed by atoms with E-state index in [-0.39, 0.29) is 5.96 Å². The van der Waals surface area contributed by atoms with Crippen molar-refractivity contribution in [2.24, 2.45) is 16.5 Å². The Morgan fingerprint density at radius 1 is 1.17 bits per heavy atom. The van der Waals surface area contributed by atoms with Gasteiger partial charge in [-0.2, -0.15) is 0 Å². The highest BCUT2D eigenvalue weighted by Gasteiger charge is 2.25. The number of ether oxygens (including phenoxy) is 1. The van der Waals surface area contributed by atoms with Crippen LogP contribution in [0.4, 0.5) is 4.39 Å². The maximum atomic E-state index is 12.6. The van der Waals surface area contributed by atoms with E-state index in [9.17, 15) is 4.39 Å². The number of pyridine rings is 1. The molecule has 7 heteroatoms. The summed E-state index contributed by atoms with van der Waals surface area (Å²) in [5.41, 5.74) is 12.0. The summed E-state index contributed by atoms with van der Waals surface area (Å²) in [5, 5.41) is 2.77. The molecule has 6 nitrogen and oxygen atoms in total. The fourth-order valence-electron chi connectivity index (χ4n) is 2.20. The van der Waals surface area contributed by atoms with Gasteiger partial charge in [-0.15, -0.1) is 0 Å². The van der Waals surface area contributed by atoms with Gasteiger partial charge in [-0.25, -0.2) is 9.38 Å². The summed E-state index contributed by atoms with van der Waals surface area (Å²) in [7, 11) is 0. The van der Waals surface area contributed by atoms with Gasteiger partial charge in [-0.1, -0.05) is 12.1 Å². The van der Waals surface area contributed by atoms with E-state index < -0.39 is 12.3 Å². The first-order chi connectivity index (χ1) is 11.1. The smallest absolute Gasteiger partial charge is 0.195 e. The van der Waals surface area contributed by atoms with Gasteiger partial charge in [0, 0.05) is 18.5 Å². The molecule has 118 valence electrons. The second-order valence-electron chi connectivity index (χ2n) is 5.04. The predicted octanol–water partition coefficient (Wildman–Crippen LogP) is 1.89. The zero-order chi connectivity index (χ0) is 16.3. The van der Waals surface area contributed by atoms with E-state index in [4.69, 9.17) is 16.2 Å². The van der Waals surface area contributed by atoms with Crippen LogP contribution in [0.1, 0.15) is 11.3 Å². The Balaban J connectivity index is 1.79. The summed E-state index contributed by atoms with van der Waals surface area (Å²) in [6, 6.07) is 10.4. The number of hydrogen-bond donors (Lipinski definition) is 3. The van der Waals surface area contributed by atoms with Gasteiger partial charge in [-0.3, -0.25) is 10.7 Å². The molecule has 1 aromatic carbocycles. The van der Waals surface area contributed by atoms with Crippen LogP contribution < -0.4 is 21.5 Å². The number of nitrogens with one attached hydrogen (secondary N) is 1. The molecule has 1 aliphatic heterocycles. The normalized spacial score (nSPS) is 19.8. The fraction of sp³-hybridized carbons (Fsp3) is 0.125. The Morgan fingerprint density at radius 3 is 2.65 bits per heavy atom. The van der Waals surface area contributed by atoms with Crippen molar-refractivity contribution in [3.8, 4) is 11.5 Å². The standard InChI is InChI=1S/C16H16FN5O/c17-10-12-9-14(5-7-20-12)23-13-3-1-11(2-4-13)16(19)6-8-21-15(18)22-16/h1-9H,10,19H2,(H3,18,21,22). The number of nitrogens with zero attached hydrogens (tertiary/aromatic N) is 2. The second kappa shape index (κ2) is 6.05. The van der Waals surface area contributed by atoms with Gasteiger partial charge in [0.2, 0.25) is 0 Å². The zero-order valence-electron chi connectivity index (χ0n) is 12.2. The van der Waals surface area contributed by atoms with Gasteiger partial charge in [0.05, 0.1) is 5.69 Å². The van der Waals surface area contributed by atoms with Crippen molar-refractivity contribution in [3.05, 3.63) is 66.1 Å². The number of nitrogens with two attached hydrogens (primary N) is 2. The van der Waals surface area contributed by atoms with E-state index in [1.807, 2.05) is 0 Å². The van der Waals surface area contributed by atoms with Gasteiger partial charge < -0.3 is 15.8 Å². The lowest BCUT2D eigenvalue weighted by Crippen LogP contribution is -2.42. The molecule has 23 heavy (non-hydrogen) atoms. The third kappa shape index (κ3) is 3.29. The van der Waals surface area contributed by atoms with E-state index >= 15 is 0 Å². The minimum Gasteiger partial charge on any atom is -0.457 e. The molecule has 0 saturated carbocycles. The van der Waals surface area contributed by atoms with Crippen molar-refractivity contribution < 1.29 is 9.13 Å². The van der Waals surface area contributed by atoms with Crippen LogP contribution in [-0.2, 0) is 12.3 Å². The number of halogens is 1. The van der Waals surface area contributed by atoms with E-state index in [1.54, 1.807) is 48.7 Å². The van der Waals surface area contributed by atoms with Crippen LogP contribution in [0.3, 0.4) is 0 Å². The molecule has 0 radical (unpaired) electrons. The van der Waals surface area contributed by atoms with Crippen molar-refractivity contribution in [1.29, 1.82) is 0 Å². The number of guanidine groups is 1. The van der Waals surface area contributed by atoms with Crippen LogP contribution in [0.5, 0.6) is 11.5 Å². The molecule has 5 N–H and O–H groups in total. The zero-order valence-corrected chi connectivity index (χ0v) is 12.2. The Hall–Kier alpha value is -2.93. The predicted molar refractivity (Wildman–Crippen MR) is 85.3 cm³/mol. The van der Waals surface area contributed by atoms with E-state index in [2.05, 4.69) is 15.3 Å².